The van der Waals surface area contributed by atoms with E-state index in [2.05, 4.69) is 226 Å². The monoisotopic (exact) mass is 709 g/mol. The van der Waals surface area contributed by atoms with E-state index < -0.39 is 0 Å². The first-order valence-electron chi connectivity index (χ1n) is 19.5. The molecule has 1 nitrogen and oxygen atoms in total. The van der Waals surface area contributed by atoms with Gasteiger partial charge in [0, 0.05) is 16.3 Å². The molecule has 0 saturated heterocycles. The summed E-state index contributed by atoms with van der Waals surface area (Å²) in [5.41, 5.74) is 17.9. The molecule has 0 aliphatic rings. The molecule has 9 aromatic rings. The first-order valence-corrected chi connectivity index (χ1v) is 19.5. The van der Waals surface area contributed by atoms with Crippen LogP contribution in [0.2, 0.25) is 0 Å². The number of benzene rings is 8. The molecule has 0 spiro atoms. The number of aromatic nitrogens is 1. The summed E-state index contributed by atoms with van der Waals surface area (Å²) in [6.45, 7) is 8.93. The molecule has 0 radical (unpaired) electrons. The predicted octanol–water partition coefficient (Wildman–Crippen LogP) is 15.3. The molecule has 0 bridgehead atoms. The lowest BCUT2D eigenvalue weighted by atomic mass is 9.88. The topological polar surface area (TPSA) is 4.93 Å². The molecule has 0 aliphatic heterocycles. The van der Waals surface area contributed by atoms with Gasteiger partial charge in [0.2, 0.25) is 0 Å². The zero-order valence-electron chi connectivity index (χ0n) is 32.2. The molecule has 1 aromatic heterocycles. The number of aryl methyl sites for hydroxylation is 2. The summed E-state index contributed by atoms with van der Waals surface area (Å²) in [4.78, 5) is 0. The molecule has 1 atom stereocenters. The highest BCUT2D eigenvalue weighted by atomic mass is 15.0. The SMILES string of the molecule is CCC(C)c1ccccc1-c1ccccc1C.Cc1ccccc1-c1ccccc1-c1ccccc1-c1ccccc1-n1c2ccccc2c2ccccc21. The second-order valence-corrected chi connectivity index (χ2v) is 14.5. The number of rotatable bonds is 7. The van der Waals surface area contributed by atoms with Crippen LogP contribution in [0.25, 0.3) is 72.0 Å². The third-order valence-corrected chi connectivity index (χ3v) is 11.1. The van der Waals surface area contributed by atoms with E-state index in [9.17, 15) is 0 Å². The molecule has 268 valence electrons. The molecule has 0 amide bonds. The van der Waals surface area contributed by atoms with Gasteiger partial charge in [0.15, 0.2) is 0 Å². The van der Waals surface area contributed by atoms with Gasteiger partial charge in [0.1, 0.15) is 0 Å². The molecule has 1 heterocycles. The number of nitrogens with zero attached hydrogens (tertiary/aromatic N) is 1. The van der Waals surface area contributed by atoms with Gasteiger partial charge < -0.3 is 4.57 Å². The van der Waals surface area contributed by atoms with Crippen molar-refractivity contribution in [3.05, 3.63) is 211 Å². The van der Waals surface area contributed by atoms with Crippen molar-refractivity contribution in [2.75, 3.05) is 0 Å². The highest BCUT2D eigenvalue weighted by molar-refractivity contribution is 6.10. The Morgan fingerprint density at radius 2 is 0.709 bits per heavy atom. The van der Waals surface area contributed by atoms with Crippen molar-refractivity contribution >= 4 is 21.8 Å². The van der Waals surface area contributed by atoms with Crippen LogP contribution in [-0.2, 0) is 0 Å². The van der Waals surface area contributed by atoms with E-state index >= 15 is 0 Å². The van der Waals surface area contributed by atoms with Gasteiger partial charge in [0.05, 0.1) is 16.7 Å². The summed E-state index contributed by atoms with van der Waals surface area (Å²) in [6, 6.07) is 69.9. The van der Waals surface area contributed by atoms with Crippen LogP contribution in [0.5, 0.6) is 0 Å². The normalized spacial score (nSPS) is 11.6. The van der Waals surface area contributed by atoms with E-state index in [0.29, 0.717) is 5.92 Å². The van der Waals surface area contributed by atoms with Crippen molar-refractivity contribution in [2.24, 2.45) is 0 Å². The second kappa shape index (κ2) is 15.9. The zero-order chi connectivity index (χ0) is 37.7. The molecule has 0 fully saturated rings. The maximum atomic E-state index is 2.42. The minimum absolute atomic E-state index is 0.616. The van der Waals surface area contributed by atoms with Gasteiger partial charge in [-0.15, -0.1) is 0 Å². The minimum atomic E-state index is 0.616. The Kier molecular flexibility index (Phi) is 10.3. The molecular formula is C54H47N. The van der Waals surface area contributed by atoms with Crippen LogP contribution in [0.1, 0.15) is 42.9 Å². The van der Waals surface area contributed by atoms with Crippen molar-refractivity contribution in [3.8, 4) is 50.2 Å². The molecule has 0 N–H and O–H groups in total. The van der Waals surface area contributed by atoms with Crippen molar-refractivity contribution in [1.82, 2.24) is 4.57 Å². The van der Waals surface area contributed by atoms with Gasteiger partial charge in [-0.3, -0.25) is 0 Å². The van der Waals surface area contributed by atoms with E-state index in [1.54, 1.807) is 0 Å². The number of hydrogen-bond acceptors (Lipinski definition) is 0. The van der Waals surface area contributed by atoms with Crippen LogP contribution in [0.4, 0.5) is 0 Å². The highest BCUT2D eigenvalue weighted by Gasteiger charge is 2.18. The maximum absolute atomic E-state index is 2.42. The van der Waals surface area contributed by atoms with E-state index in [4.69, 9.17) is 0 Å². The molecule has 0 saturated carbocycles. The molecule has 1 unspecified atom stereocenters. The largest absolute Gasteiger partial charge is 0.309 e. The van der Waals surface area contributed by atoms with Gasteiger partial charge in [0.25, 0.3) is 0 Å². The lowest BCUT2D eigenvalue weighted by Crippen LogP contribution is -1.98. The third kappa shape index (κ3) is 6.91. The quantitative estimate of drug-likeness (QED) is 0.155. The second-order valence-electron chi connectivity index (χ2n) is 14.5. The van der Waals surface area contributed by atoms with E-state index in [-0.39, 0.29) is 0 Å². The standard InChI is InChI=1S/C37H27N.C17H20/c1-26-14-2-3-15-27(26)28-16-4-5-17-29(28)30-18-6-7-19-31(30)32-20-8-11-23-35(32)38-36-24-12-9-21-33(36)34-22-10-13-25-37(34)38;1-4-13(2)15-10-7-8-12-17(15)16-11-6-5-9-14(16)3/h2-25H,1H3;5-13H,4H2,1-3H3. The number of fused-ring (bicyclic) bond motifs is 3. The van der Waals surface area contributed by atoms with Crippen LogP contribution >= 0.6 is 0 Å². The summed E-state index contributed by atoms with van der Waals surface area (Å²) in [5.74, 6) is 0.616. The summed E-state index contributed by atoms with van der Waals surface area (Å²) < 4.78 is 2.42. The predicted molar refractivity (Wildman–Crippen MR) is 237 cm³/mol. The first kappa shape index (κ1) is 35.6. The van der Waals surface area contributed by atoms with Crippen molar-refractivity contribution in [2.45, 2.75) is 40.0 Å². The van der Waals surface area contributed by atoms with E-state index in [1.165, 1.54) is 95.1 Å². The summed E-state index contributed by atoms with van der Waals surface area (Å²) >= 11 is 0. The number of hydrogen-bond donors (Lipinski definition) is 0. The van der Waals surface area contributed by atoms with Gasteiger partial charge in [-0.05, 0) is 100 Å². The Morgan fingerprint density at radius 3 is 1.22 bits per heavy atom. The van der Waals surface area contributed by atoms with E-state index in [0.717, 1.165) is 0 Å². The molecule has 0 aliphatic carbocycles. The van der Waals surface area contributed by atoms with Gasteiger partial charge >= 0.3 is 0 Å². The summed E-state index contributed by atoms with van der Waals surface area (Å²) in [7, 11) is 0. The fourth-order valence-electron chi connectivity index (χ4n) is 8.13. The van der Waals surface area contributed by atoms with Gasteiger partial charge in [-0.2, -0.15) is 0 Å². The third-order valence-electron chi connectivity index (χ3n) is 11.1. The van der Waals surface area contributed by atoms with Crippen molar-refractivity contribution < 1.29 is 0 Å². The maximum Gasteiger partial charge on any atom is 0.0541 e. The highest BCUT2D eigenvalue weighted by Crippen LogP contribution is 2.42. The lowest BCUT2D eigenvalue weighted by molar-refractivity contribution is 0.735. The van der Waals surface area contributed by atoms with Gasteiger partial charge in [-0.25, -0.2) is 0 Å². The molecule has 8 aromatic carbocycles. The van der Waals surface area contributed by atoms with Crippen LogP contribution in [0.15, 0.2) is 194 Å². The lowest BCUT2D eigenvalue weighted by Gasteiger charge is -2.19. The Labute approximate surface area is 326 Å². The molecular weight excluding hydrogens is 663 g/mol. The smallest absolute Gasteiger partial charge is 0.0541 e. The summed E-state index contributed by atoms with van der Waals surface area (Å²) in [6.07, 6.45) is 1.18. The fraction of sp³-hybridized carbons (Fsp3) is 0.111. The zero-order valence-corrected chi connectivity index (χ0v) is 32.2. The Bertz CT molecular complexity index is 2690. The minimum Gasteiger partial charge on any atom is -0.309 e. The summed E-state index contributed by atoms with van der Waals surface area (Å²) in [5, 5.41) is 2.55. The first-order chi connectivity index (χ1) is 27.0. The van der Waals surface area contributed by atoms with E-state index in [1.807, 2.05) is 0 Å². The van der Waals surface area contributed by atoms with Crippen LogP contribution in [0, 0.1) is 13.8 Å². The molecule has 55 heavy (non-hydrogen) atoms. The average molecular weight is 710 g/mol. The van der Waals surface area contributed by atoms with Crippen LogP contribution < -0.4 is 0 Å². The Morgan fingerprint density at radius 1 is 0.364 bits per heavy atom. The van der Waals surface area contributed by atoms with Crippen molar-refractivity contribution in [3.63, 3.8) is 0 Å². The van der Waals surface area contributed by atoms with Crippen LogP contribution in [-0.4, -0.2) is 4.57 Å². The van der Waals surface area contributed by atoms with Gasteiger partial charge in [-0.1, -0.05) is 190 Å². The van der Waals surface area contributed by atoms with Crippen LogP contribution in [0.3, 0.4) is 0 Å². The molecule has 9 rings (SSSR count). The molecule has 1 heteroatoms. The average Bonchev–Trinajstić information content (AvgIpc) is 3.58. The fourth-order valence-corrected chi connectivity index (χ4v) is 8.13. The van der Waals surface area contributed by atoms with Crippen molar-refractivity contribution in [1.29, 1.82) is 0 Å². The number of para-hydroxylation sites is 3. The Balaban J connectivity index is 0.000000211. The Hall–Kier alpha value is -6.44.